The number of hydrogen-bond acceptors (Lipinski definition) is 8. The maximum absolute atomic E-state index is 12.8. The van der Waals surface area contributed by atoms with Crippen molar-refractivity contribution in [2.75, 3.05) is 17.7 Å². The second-order valence-electron chi connectivity index (χ2n) is 7.17. The normalized spacial score (nSPS) is 20.5. The molecular formula is C20H27N5O4S. The molecule has 2 unspecified atom stereocenters. The Morgan fingerprint density at radius 3 is 2.80 bits per heavy atom. The van der Waals surface area contributed by atoms with E-state index in [0.29, 0.717) is 41.0 Å². The highest BCUT2D eigenvalue weighted by Crippen LogP contribution is 2.33. The van der Waals surface area contributed by atoms with E-state index in [1.807, 2.05) is 6.92 Å². The molecule has 2 atom stereocenters. The molecule has 0 bridgehead atoms. The van der Waals surface area contributed by atoms with Gasteiger partial charge < -0.3 is 20.8 Å². The fourth-order valence-corrected chi connectivity index (χ4v) is 4.36. The SMILES string of the molecule is CCCCSC1=NC(N)c2[nH]c(=O)c(=O)n(C3=CC=C(C(=O)OCC)CC3C)c2N1. The third-order valence-electron chi connectivity index (χ3n) is 4.92. The number of nitrogens with one attached hydrogen (secondary N) is 2. The lowest BCUT2D eigenvalue weighted by Gasteiger charge is -2.28. The number of unbranched alkanes of at least 4 members (excludes halogenated alkanes) is 1. The highest BCUT2D eigenvalue weighted by atomic mass is 32.2. The Morgan fingerprint density at radius 2 is 2.13 bits per heavy atom. The summed E-state index contributed by atoms with van der Waals surface area (Å²) in [7, 11) is 0. The number of nitrogens with zero attached hydrogens (tertiary/aromatic N) is 2. The van der Waals surface area contributed by atoms with Gasteiger partial charge in [0.05, 0.1) is 12.3 Å². The predicted molar refractivity (Wildman–Crippen MR) is 119 cm³/mol. The van der Waals surface area contributed by atoms with Crippen LogP contribution in [0.15, 0.2) is 32.3 Å². The van der Waals surface area contributed by atoms with Crippen LogP contribution in [0.4, 0.5) is 5.82 Å². The van der Waals surface area contributed by atoms with E-state index in [1.165, 1.54) is 16.3 Å². The minimum absolute atomic E-state index is 0.189. The van der Waals surface area contributed by atoms with E-state index in [1.54, 1.807) is 19.1 Å². The summed E-state index contributed by atoms with van der Waals surface area (Å²) < 4.78 is 6.42. The number of allylic oxidation sites excluding steroid dienone is 3. The van der Waals surface area contributed by atoms with Crippen LogP contribution in [-0.4, -0.2) is 33.0 Å². The number of ether oxygens (including phenoxy) is 1. The Kier molecular flexibility index (Phi) is 6.99. The number of aromatic nitrogens is 2. The van der Waals surface area contributed by atoms with Crippen LogP contribution in [0.2, 0.25) is 0 Å². The Labute approximate surface area is 178 Å². The molecule has 30 heavy (non-hydrogen) atoms. The highest BCUT2D eigenvalue weighted by Gasteiger charge is 2.29. The average molecular weight is 434 g/mol. The lowest BCUT2D eigenvalue weighted by Crippen LogP contribution is -2.42. The number of thioether (sulfide) groups is 1. The molecule has 0 saturated carbocycles. The van der Waals surface area contributed by atoms with E-state index in [-0.39, 0.29) is 11.9 Å². The van der Waals surface area contributed by atoms with Crippen LogP contribution in [0, 0.1) is 5.92 Å². The van der Waals surface area contributed by atoms with Gasteiger partial charge in [-0.15, -0.1) is 0 Å². The summed E-state index contributed by atoms with van der Waals surface area (Å²) in [5.41, 5.74) is 6.18. The molecule has 2 aliphatic rings. The fraction of sp³-hybridized carbons (Fsp3) is 0.500. The summed E-state index contributed by atoms with van der Waals surface area (Å²) in [5, 5.41) is 3.77. The van der Waals surface area contributed by atoms with Crippen LogP contribution in [-0.2, 0) is 9.53 Å². The number of amidine groups is 1. The smallest absolute Gasteiger partial charge is 0.334 e. The molecular weight excluding hydrogens is 406 g/mol. The maximum Gasteiger partial charge on any atom is 0.334 e. The number of esters is 1. The number of hydrogen-bond donors (Lipinski definition) is 3. The van der Waals surface area contributed by atoms with E-state index in [9.17, 15) is 14.4 Å². The molecule has 4 N–H and O–H groups in total. The van der Waals surface area contributed by atoms with Crippen molar-refractivity contribution >= 4 is 34.4 Å². The van der Waals surface area contributed by atoms with Gasteiger partial charge in [0.25, 0.3) is 0 Å². The number of anilines is 1. The first-order valence-corrected chi connectivity index (χ1v) is 11.1. The summed E-state index contributed by atoms with van der Waals surface area (Å²) in [4.78, 5) is 44.1. The molecule has 1 aromatic rings. The number of nitrogens with two attached hydrogens (primary N) is 1. The van der Waals surface area contributed by atoms with E-state index in [0.717, 1.165) is 18.6 Å². The predicted octanol–water partition coefficient (Wildman–Crippen LogP) is 2.18. The molecule has 0 saturated heterocycles. The zero-order valence-electron chi connectivity index (χ0n) is 17.4. The number of aromatic amines is 1. The van der Waals surface area contributed by atoms with Gasteiger partial charge in [0, 0.05) is 22.9 Å². The summed E-state index contributed by atoms with van der Waals surface area (Å²) >= 11 is 1.52. The van der Waals surface area contributed by atoms with Crippen LogP contribution in [0.3, 0.4) is 0 Å². The van der Waals surface area contributed by atoms with Gasteiger partial charge in [0.1, 0.15) is 12.0 Å². The number of rotatable bonds is 6. The Balaban J connectivity index is 2.04. The molecule has 1 aliphatic heterocycles. The van der Waals surface area contributed by atoms with Crippen molar-refractivity contribution in [2.24, 2.45) is 16.6 Å². The van der Waals surface area contributed by atoms with Gasteiger partial charge in [-0.05, 0) is 25.8 Å². The summed E-state index contributed by atoms with van der Waals surface area (Å²) in [6.45, 7) is 6.05. The third-order valence-corrected chi connectivity index (χ3v) is 5.89. The maximum atomic E-state index is 12.8. The van der Waals surface area contributed by atoms with E-state index in [4.69, 9.17) is 10.5 Å². The molecule has 1 aromatic heterocycles. The molecule has 0 radical (unpaired) electrons. The minimum atomic E-state index is -0.782. The van der Waals surface area contributed by atoms with Crippen molar-refractivity contribution in [3.63, 3.8) is 0 Å². The first-order chi connectivity index (χ1) is 14.4. The second-order valence-corrected chi connectivity index (χ2v) is 8.26. The number of carbonyl (C=O) groups excluding carboxylic acids is 1. The van der Waals surface area contributed by atoms with Crippen LogP contribution < -0.4 is 22.2 Å². The van der Waals surface area contributed by atoms with Crippen LogP contribution in [0.1, 0.15) is 51.9 Å². The van der Waals surface area contributed by atoms with Crippen molar-refractivity contribution in [1.82, 2.24) is 9.55 Å². The number of fused-ring (bicyclic) bond motifs is 1. The molecule has 0 aromatic carbocycles. The Morgan fingerprint density at radius 1 is 1.37 bits per heavy atom. The van der Waals surface area contributed by atoms with Crippen molar-refractivity contribution < 1.29 is 9.53 Å². The van der Waals surface area contributed by atoms with Crippen molar-refractivity contribution in [3.8, 4) is 0 Å². The standard InChI is InChI=1S/C20H27N5O4S/c1-4-6-9-30-20-23-15(21)14-16(24-20)25(18(27)17(26)22-14)13-8-7-12(10-11(13)3)19(28)29-5-2/h7-8,11,15H,4-6,9-10,21H2,1-3H3,(H,22,26)(H,23,24). The Bertz CT molecular complexity index is 1040. The molecule has 3 rings (SSSR count). The van der Waals surface area contributed by atoms with Crippen LogP contribution in [0.25, 0.3) is 5.70 Å². The van der Waals surface area contributed by atoms with Crippen molar-refractivity contribution in [1.29, 1.82) is 0 Å². The highest BCUT2D eigenvalue weighted by molar-refractivity contribution is 8.14. The van der Waals surface area contributed by atoms with Crippen LogP contribution in [0.5, 0.6) is 0 Å². The molecule has 0 amide bonds. The lowest BCUT2D eigenvalue weighted by molar-refractivity contribution is -0.138. The van der Waals surface area contributed by atoms with Gasteiger partial charge in [0.15, 0.2) is 5.17 Å². The summed E-state index contributed by atoms with van der Waals surface area (Å²) in [5.74, 6) is 0.711. The summed E-state index contributed by atoms with van der Waals surface area (Å²) in [6.07, 6.45) is 5.02. The number of aliphatic imine (C=N–C) groups is 1. The number of H-pyrrole nitrogens is 1. The molecule has 162 valence electrons. The van der Waals surface area contributed by atoms with E-state index in [2.05, 4.69) is 22.2 Å². The molecule has 9 nitrogen and oxygen atoms in total. The third kappa shape index (κ3) is 4.44. The molecule has 0 fully saturated rings. The first-order valence-electron chi connectivity index (χ1n) is 10.1. The van der Waals surface area contributed by atoms with Gasteiger partial charge in [-0.25, -0.2) is 9.79 Å². The first kappa shape index (κ1) is 22.1. The van der Waals surface area contributed by atoms with Crippen molar-refractivity contribution in [2.45, 2.75) is 46.2 Å². The molecule has 0 spiro atoms. The Hall–Kier alpha value is -2.59. The lowest BCUT2D eigenvalue weighted by atomic mass is 9.92. The van der Waals surface area contributed by atoms with E-state index < -0.39 is 17.3 Å². The zero-order valence-corrected chi connectivity index (χ0v) is 18.2. The topological polar surface area (TPSA) is 132 Å². The summed E-state index contributed by atoms with van der Waals surface area (Å²) in [6, 6.07) is 0. The largest absolute Gasteiger partial charge is 0.463 e. The average Bonchev–Trinajstić information content (AvgIpc) is 2.71. The molecule has 1 aliphatic carbocycles. The molecule has 10 heteroatoms. The van der Waals surface area contributed by atoms with Crippen LogP contribution >= 0.6 is 11.8 Å². The molecule has 2 heterocycles. The fourth-order valence-electron chi connectivity index (χ4n) is 3.38. The minimum Gasteiger partial charge on any atom is -0.463 e. The second kappa shape index (κ2) is 9.48. The van der Waals surface area contributed by atoms with Gasteiger partial charge in [-0.1, -0.05) is 38.1 Å². The van der Waals surface area contributed by atoms with Gasteiger partial charge in [-0.2, -0.15) is 0 Å². The van der Waals surface area contributed by atoms with Gasteiger partial charge in [-0.3, -0.25) is 14.2 Å². The quantitative estimate of drug-likeness (QED) is 0.356. The van der Waals surface area contributed by atoms with Crippen molar-refractivity contribution in [3.05, 3.63) is 44.1 Å². The van der Waals surface area contributed by atoms with E-state index >= 15 is 0 Å². The monoisotopic (exact) mass is 433 g/mol. The van der Waals surface area contributed by atoms with Gasteiger partial charge >= 0.3 is 17.1 Å². The van der Waals surface area contributed by atoms with Gasteiger partial charge in [0.2, 0.25) is 0 Å². The zero-order chi connectivity index (χ0) is 21.8. The number of carbonyl (C=O) groups is 1.